The molecule has 0 amide bonds. The summed E-state index contributed by atoms with van der Waals surface area (Å²) < 4.78 is 25.9. The first-order chi connectivity index (χ1) is 19.9. The van der Waals surface area contributed by atoms with Gasteiger partial charge in [0.05, 0.1) is 25.4 Å². The molecule has 3 rings (SSSR count). The van der Waals surface area contributed by atoms with Gasteiger partial charge in [0.25, 0.3) is 0 Å². The average molecular weight is 605 g/mol. The van der Waals surface area contributed by atoms with Gasteiger partial charge in [-0.2, -0.15) is 0 Å². The highest BCUT2D eigenvalue weighted by Gasteiger charge is 2.54. The molecular formula is C35H57O6P. The van der Waals surface area contributed by atoms with Crippen molar-refractivity contribution >= 4 is 13.4 Å². The molecule has 0 spiro atoms. The molecule has 6 atom stereocenters. The maximum atomic E-state index is 14.1. The highest BCUT2D eigenvalue weighted by atomic mass is 31.2. The Morgan fingerprint density at radius 2 is 1.76 bits per heavy atom. The van der Waals surface area contributed by atoms with Gasteiger partial charge in [-0.15, -0.1) is 0 Å². The average Bonchev–Trinajstić information content (AvgIpc) is 3.33. The first kappa shape index (κ1) is 35.2. The van der Waals surface area contributed by atoms with Crippen molar-refractivity contribution in [2.75, 3.05) is 13.2 Å². The van der Waals surface area contributed by atoms with Crippen LogP contribution in [-0.2, 0) is 18.4 Å². The zero-order chi connectivity index (χ0) is 31.1. The number of allylic oxidation sites excluding steroid dienone is 5. The fraction of sp³-hybridized carbons (Fsp3) is 0.743. The molecule has 0 aromatic rings. The summed E-state index contributed by atoms with van der Waals surface area (Å²) in [5.74, 6) is 0.960. The standard InChI is InChI=1S/C35H57O6P/c1-8-21-40-42(39,41-22-9-2)35(10-3,11-4)33(38)19-14-25(5)30-17-18-31-27(13-12-20-34(30,31)7)15-16-28-23-29(36)24-32(37)26(28)6/h14-16,19,25,29-32,36-37H,6,8-13,17-18,20-24H2,1-5,7H3/b19-14+,27-15+,28-16-/t25-,29-,30-,31?,32+,34-/m1/s1. The van der Waals surface area contributed by atoms with Crippen molar-refractivity contribution in [3.05, 3.63) is 47.6 Å². The fourth-order valence-corrected chi connectivity index (χ4v) is 10.5. The molecule has 0 aromatic heterocycles. The topological polar surface area (TPSA) is 93.1 Å². The molecule has 3 saturated carbocycles. The molecule has 3 aliphatic carbocycles. The number of hydrogen-bond acceptors (Lipinski definition) is 6. The Bertz CT molecular complexity index is 1070. The maximum Gasteiger partial charge on any atom is 0.344 e. The molecule has 2 N–H and O–H groups in total. The highest BCUT2D eigenvalue weighted by Crippen LogP contribution is 2.64. The van der Waals surface area contributed by atoms with Crippen molar-refractivity contribution in [3.63, 3.8) is 0 Å². The zero-order valence-electron chi connectivity index (χ0n) is 27.1. The molecule has 42 heavy (non-hydrogen) atoms. The Morgan fingerprint density at radius 1 is 1.12 bits per heavy atom. The molecule has 238 valence electrons. The minimum atomic E-state index is -3.66. The summed E-state index contributed by atoms with van der Waals surface area (Å²) >= 11 is 0. The Kier molecular flexibility index (Phi) is 12.7. The molecule has 3 fully saturated rings. The lowest BCUT2D eigenvalue weighted by Crippen LogP contribution is -2.38. The SMILES string of the molecule is C=C1/C(=C\C=C2/CCC[C@@]3(C)C2CC[C@@H]3[C@H](C)/C=C/C(=O)C(CC)(CC)P(=O)(OCCC)OCCC)C[C@@H](O)C[C@@H]1O. The first-order valence-electron chi connectivity index (χ1n) is 16.5. The van der Waals surface area contributed by atoms with Gasteiger partial charge in [-0.3, -0.25) is 9.36 Å². The third-order valence-electron chi connectivity index (χ3n) is 10.6. The highest BCUT2D eigenvalue weighted by molar-refractivity contribution is 7.57. The third kappa shape index (κ3) is 7.15. The van der Waals surface area contributed by atoms with Gasteiger partial charge in [-0.1, -0.05) is 71.9 Å². The van der Waals surface area contributed by atoms with Gasteiger partial charge in [0.1, 0.15) is 5.16 Å². The van der Waals surface area contributed by atoms with Crippen LogP contribution in [0.5, 0.6) is 0 Å². The van der Waals surface area contributed by atoms with Crippen molar-refractivity contribution < 1.29 is 28.6 Å². The van der Waals surface area contributed by atoms with Crippen LogP contribution in [-0.4, -0.2) is 46.6 Å². The van der Waals surface area contributed by atoms with Crippen LogP contribution >= 0.6 is 7.60 Å². The molecule has 0 radical (unpaired) electrons. The van der Waals surface area contributed by atoms with Crippen LogP contribution in [0.2, 0.25) is 0 Å². The van der Waals surface area contributed by atoms with E-state index in [1.54, 1.807) is 6.08 Å². The van der Waals surface area contributed by atoms with Crippen LogP contribution in [0.25, 0.3) is 0 Å². The predicted octanol–water partition coefficient (Wildman–Crippen LogP) is 8.49. The molecule has 6 nitrogen and oxygen atoms in total. The second kappa shape index (κ2) is 15.1. The van der Waals surface area contributed by atoms with Crippen LogP contribution < -0.4 is 0 Å². The van der Waals surface area contributed by atoms with E-state index in [-0.39, 0.29) is 17.1 Å². The number of aliphatic hydroxyl groups is 2. The van der Waals surface area contributed by atoms with Crippen molar-refractivity contribution in [1.29, 1.82) is 0 Å². The summed E-state index contributed by atoms with van der Waals surface area (Å²) in [6, 6.07) is 0. The molecule has 0 aromatic carbocycles. The van der Waals surface area contributed by atoms with Crippen LogP contribution in [0.4, 0.5) is 0 Å². The van der Waals surface area contributed by atoms with E-state index in [2.05, 4.69) is 38.7 Å². The molecule has 0 aliphatic heterocycles. The number of carbonyl (C=O) groups is 1. The number of rotatable bonds is 14. The van der Waals surface area contributed by atoms with E-state index in [4.69, 9.17) is 9.05 Å². The van der Waals surface area contributed by atoms with E-state index in [1.165, 1.54) is 5.57 Å². The number of carbonyl (C=O) groups excluding carboxylic acids is 1. The second-order valence-corrected chi connectivity index (χ2v) is 15.5. The van der Waals surface area contributed by atoms with Crippen LogP contribution in [0, 0.1) is 23.2 Å². The van der Waals surface area contributed by atoms with Crippen molar-refractivity contribution in [3.8, 4) is 0 Å². The Labute approximate surface area is 255 Å². The monoisotopic (exact) mass is 604 g/mol. The molecule has 3 aliphatic rings. The summed E-state index contributed by atoms with van der Waals surface area (Å²) in [7, 11) is -3.66. The van der Waals surface area contributed by atoms with Crippen molar-refractivity contribution in [2.24, 2.45) is 23.2 Å². The van der Waals surface area contributed by atoms with E-state index < -0.39 is 25.0 Å². The van der Waals surface area contributed by atoms with E-state index in [0.29, 0.717) is 63.6 Å². The van der Waals surface area contributed by atoms with Crippen molar-refractivity contribution in [1.82, 2.24) is 0 Å². The Hall–Kier alpha value is -1.30. The Balaban J connectivity index is 1.81. The number of fused-ring (bicyclic) bond motifs is 1. The normalized spacial score (nSPS) is 31.7. The van der Waals surface area contributed by atoms with Gasteiger partial charge in [0.2, 0.25) is 0 Å². The summed E-state index contributed by atoms with van der Waals surface area (Å²) in [5, 5.41) is 19.2. The second-order valence-electron chi connectivity index (χ2n) is 13.1. The minimum Gasteiger partial charge on any atom is -0.393 e. The largest absolute Gasteiger partial charge is 0.393 e. The van der Waals surface area contributed by atoms with Gasteiger partial charge >= 0.3 is 7.60 Å². The predicted molar refractivity (Wildman–Crippen MR) is 171 cm³/mol. The van der Waals surface area contributed by atoms with Gasteiger partial charge in [0.15, 0.2) is 5.78 Å². The van der Waals surface area contributed by atoms with Gasteiger partial charge < -0.3 is 19.3 Å². The van der Waals surface area contributed by atoms with E-state index in [1.807, 2.05) is 27.7 Å². The molecular weight excluding hydrogens is 547 g/mol. The summed E-state index contributed by atoms with van der Waals surface area (Å²) in [6.07, 6.45) is 15.5. The lowest BCUT2D eigenvalue weighted by atomic mass is 9.61. The number of hydrogen-bond donors (Lipinski definition) is 2. The fourth-order valence-electron chi connectivity index (χ4n) is 7.96. The summed E-state index contributed by atoms with van der Waals surface area (Å²) in [5.41, 5.74) is 3.26. The smallest absolute Gasteiger partial charge is 0.344 e. The van der Waals surface area contributed by atoms with E-state index in [0.717, 1.165) is 43.3 Å². The minimum absolute atomic E-state index is 0.133. The van der Waals surface area contributed by atoms with Crippen LogP contribution in [0.1, 0.15) is 112 Å². The maximum absolute atomic E-state index is 14.1. The molecule has 0 bridgehead atoms. The Morgan fingerprint density at radius 3 is 2.36 bits per heavy atom. The summed E-state index contributed by atoms with van der Waals surface area (Å²) in [6.45, 7) is 17.1. The van der Waals surface area contributed by atoms with Gasteiger partial charge in [-0.25, -0.2) is 0 Å². The lowest BCUT2D eigenvalue weighted by Gasteiger charge is -2.44. The molecule has 1 unspecified atom stereocenters. The molecule has 0 heterocycles. The van der Waals surface area contributed by atoms with Gasteiger partial charge in [-0.05, 0) is 105 Å². The molecule has 0 saturated heterocycles. The van der Waals surface area contributed by atoms with E-state index in [9.17, 15) is 19.6 Å². The number of aliphatic hydroxyl groups excluding tert-OH is 2. The number of ketones is 1. The van der Waals surface area contributed by atoms with Gasteiger partial charge in [0, 0.05) is 6.42 Å². The lowest BCUT2D eigenvalue weighted by molar-refractivity contribution is -0.117. The van der Waals surface area contributed by atoms with Crippen LogP contribution in [0.15, 0.2) is 47.6 Å². The zero-order valence-corrected chi connectivity index (χ0v) is 28.0. The van der Waals surface area contributed by atoms with Crippen LogP contribution in [0.3, 0.4) is 0 Å². The van der Waals surface area contributed by atoms with Crippen molar-refractivity contribution in [2.45, 2.75) is 130 Å². The van der Waals surface area contributed by atoms with E-state index >= 15 is 0 Å². The first-order valence-corrected chi connectivity index (χ1v) is 18.0. The third-order valence-corrected chi connectivity index (χ3v) is 13.5. The summed E-state index contributed by atoms with van der Waals surface area (Å²) in [4.78, 5) is 13.9. The quantitative estimate of drug-likeness (QED) is 0.153. The molecule has 7 heteroatoms.